The molecule has 0 radical (unpaired) electrons. The number of carbonyl (C=O) groups excluding carboxylic acids is 2. The number of nitrogens with zero attached hydrogens (tertiary/aromatic N) is 2. The second-order valence-corrected chi connectivity index (χ2v) is 8.54. The van der Waals surface area contributed by atoms with Gasteiger partial charge in [0.2, 0.25) is 5.91 Å². The summed E-state index contributed by atoms with van der Waals surface area (Å²) in [4.78, 5) is 29.0. The largest absolute Gasteiger partial charge is 0.340 e. The minimum Gasteiger partial charge on any atom is -0.340 e. The van der Waals surface area contributed by atoms with E-state index in [1.807, 2.05) is 0 Å². The summed E-state index contributed by atoms with van der Waals surface area (Å²) in [5.41, 5.74) is 0.873. The third-order valence-corrected chi connectivity index (χ3v) is 6.17. The Morgan fingerprint density at radius 3 is 2.41 bits per heavy atom. The van der Waals surface area contributed by atoms with Crippen LogP contribution in [0.5, 0.6) is 0 Å². The molecule has 1 fully saturated rings. The Morgan fingerprint density at radius 2 is 1.78 bits per heavy atom. The van der Waals surface area contributed by atoms with E-state index in [0.29, 0.717) is 47.0 Å². The SMILES string of the molecule is O=C(CCC(=O)N1CCN(Cc2ccc(F)cc2Cl)CC1)c1ccc(Cl)s1. The van der Waals surface area contributed by atoms with Gasteiger partial charge in [-0.1, -0.05) is 29.3 Å². The van der Waals surface area contributed by atoms with E-state index in [-0.39, 0.29) is 30.3 Å². The van der Waals surface area contributed by atoms with Gasteiger partial charge in [0.25, 0.3) is 0 Å². The Balaban J connectivity index is 1.44. The van der Waals surface area contributed by atoms with Crippen molar-refractivity contribution >= 4 is 46.2 Å². The van der Waals surface area contributed by atoms with Crippen LogP contribution in [-0.2, 0) is 11.3 Å². The fourth-order valence-corrected chi connectivity index (χ4v) is 4.25. The van der Waals surface area contributed by atoms with Crippen LogP contribution in [0.1, 0.15) is 28.1 Å². The molecule has 8 heteroatoms. The number of amides is 1. The highest BCUT2D eigenvalue weighted by Gasteiger charge is 2.22. The number of ketones is 1. The van der Waals surface area contributed by atoms with E-state index in [1.165, 1.54) is 23.5 Å². The molecule has 3 rings (SSSR count). The monoisotopic (exact) mass is 428 g/mol. The predicted octanol–water partition coefficient (Wildman–Crippen LogP) is 4.50. The van der Waals surface area contributed by atoms with Crippen molar-refractivity contribution in [1.82, 2.24) is 9.80 Å². The standard InChI is InChI=1S/C19H19Cl2FN2O2S/c20-15-11-14(22)2-1-13(15)12-23-7-9-24(10-8-23)19(26)6-3-16(25)17-4-5-18(21)27-17/h1-2,4-5,11H,3,6-10,12H2. The highest BCUT2D eigenvalue weighted by atomic mass is 35.5. The third kappa shape index (κ3) is 5.51. The van der Waals surface area contributed by atoms with Gasteiger partial charge in [-0.2, -0.15) is 0 Å². The molecule has 1 aliphatic heterocycles. The summed E-state index contributed by atoms with van der Waals surface area (Å²) >= 11 is 13.2. The molecule has 0 spiro atoms. The molecule has 0 N–H and O–H groups in total. The van der Waals surface area contributed by atoms with Crippen molar-refractivity contribution in [1.29, 1.82) is 0 Å². The van der Waals surface area contributed by atoms with Gasteiger partial charge < -0.3 is 4.90 Å². The van der Waals surface area contributed by atoms with Crippen molar-refractivity contribution < 1.29 is 14.0 Å². The molecule has 1 aromatic heterocycles. The van der Waals surface area contributed by atoms with Crippen molar-refractivity contribution in [2.75, 3.05) is 26.2 Å². The van der Waals surface area contributed by atoms with E-state index in [4.69, 9.17) is 23.2 Å². The topological polar surface area (TPSA) is 40.6 Å². The van der Waals surface area contributed by atoms with Crippen LogP contribution in [0.25, 0.3) is 0 Å². The lowest BCUT2D eigenvalue weighted by molar-refractivity contribution is -0.132. The van der Waals surface area contributed by atoms with Gasteiger partial charge >= 0.3 is 0 Å². The molecule has 0 saturated carbocycles. The maximum atomic E-state index is 13.1. The second kappa shape index (κ2) is 9.15. The fourth-order valence-electron chi connectivity index (χ4n) is 3.01. The quantitative estimate of drug-likeness (QED) is 0.635. The molecule has 1 aliphatic rings. The molecule has 0 unspecified atom stereocenters. The van der Waals surface area contributed by atoms with Gasteiger partial charge in [0, 0.05) is 50.6 Å². The second-order valence-electron chi connectivity index (χ2n) is 6.42. The first-order chi connectivity index (χ1) is 12.9. The molecular formula is C19H19Cl2FN2O2S. The summed E-state index contributed by atoms with van der Waals surface area (Å²) < 4.78 is 13.7. The number of carbonyl (C=O) groups is 2. The van der Waals surface area contributed by atoms with Crippen molar-refractivity contribution in [3.63, 3.8) is 0 Å². The Kier molecular flexibility index (Phi) is 6.87. The van der Waals surface area contributed by atoms with E-state index in [0.717, 1.165) is 5.56 Å². The highest BCUT2D eigenvalue weighted by Crippen LogP contribution is 2.23. The van der Waals surface area contributed by atoms with Crippen LogP contribution < -0.4 is 0 Å². The average molecular weight is 429 g/mol. The lowest BCUT2D eigenvalue weighted by Gasteiger charge is -2.35. The number of rotatable bonds is 6. The van der Waals surface area contributed by atoms with Crippen LogP contribution in [0, 0.1) is 5.82 Å². The van der Waals surface area contributed by atoms with Gasteiger partial charge in [-0.05, 0) is 29.8 Å². The molecule has 1 saturated heterocycles. The number of Topliss-reactive ketones (excluding diaryl/α,β-unsaturated/α-hetero) is 1. The smallest absolute Gasteiger partial charge is 0.223 e. The zero-order valence-electron chi connectivity index (χ0n) is 14.6. The van der Waals surface area contributed by atoms with Crippen LogP contribution in [0.4, 0.5) is 4.39 Å². The number of benzene rings is 1. The van der Waals surface area contributed by atoms with E-state index in [1.54, 1.807) is 23.1 Å². The fraction of sp³-hybridized carbons (Fsp3) is 0.368. The minimum atomic E-state index is -0.349. The van der Waals surface area contributed by atoms with Crippen LogP contribution in [0.2, 0.25) is 9.36 Å². The van der Waals surface area contributed by atoms with Gasteiger partial charge in [-0.3, -0.25) is 14.5 Å². The van der Waals surface area contributed by atoms with E-state index in [9.17, 15) is 14.0 Å². The zero-order valence-corrected chi connectivity index (χ0v) is 16.9. The zero-order chi connectivity index (χ0) is 19.4. The van der Waals surface area contributed by atoms with Crippen molar-refractivity contribution in [2.24, 2.45) is 0 Å². The van der Waals surface area contributed by atoms with Gasteiger partial charge in [0.1, 0.15) is 5.82 Å². The normalized spacial score (nSPS) is 15.1. The summed E-state index contributed by atoms with van der Waals surface area (Å²) in [6, 6.07) is 7.79. The predicted molar refractivity (Wildman–Crippen MR) is 106 cm³/mol. The van der Waals surface area contributed by atoms with Gasteiger partial charge in [0.15, 0.2) is 5.78 Å². The maximum Gasteiger partial charge on any atom is 0.223 e. The molecule has 1 aromatic carbocycles. The summed E-state index contributed by atoms with van der Waals surface area (Å²) in [5.74, 6) is -0.408. The summed E-state index contributed by atoms with van der Waals surface area (Å²) in [6.07, 6.45) is 0.402. The number of hydrogen-bond acceptors (Lipinski definition) is 4. The first-order valence-electron chi connectivity index (χ1n) is 8.65. The number of piperazine rings is 1. The number of halogens is 3. The summed E-state index contributed by atoms with van der Waals surface area (Å²) in [7, 11) is 0. The summed E-state index contributed by atoms with van der Waals surface area (Å²) in [6.45, 7) is 3.27. The van der Waals surface area contributed by atoms with Crippen LogP contribution in [0.15, 0.2) is 30.3 Å². The van der Waals surface area contributed by atoms with E-state index >= 15 is 0 Å². The van der Waals surface area contributed by atoms with Crippen molar-refractivity contribution in [3.05, 3.63) is 55.9 Å². The highest BCUT2D eigenvalue weighted by molar-refractivity contribution is 7.18. The number of thiophene rings is 1. The minimum absolute atomic E-state index is 0.00883. The first kappa shape index (κ1) is 20.3. The summed E-state index contributed by atoms with van der Waals surface area (Å²) in [5, 5.41) is 0.417. The van der Waals surface area contributed by atoms with Crippen LogP contribution in [0.3, 0.4) is 0 Å². The van der Waals surface area contributed by atoms with Gasteiger partial charge in [0.05, 0.1) is 9.21 Å². The molecular weight excluding hydrogens is 410 g/mol. The molecule has 144 valence electrons. The molecule has 2 aromatic rings. The van der Waals surface area contributed by atoms with E-state index < -0.39 is 0 Å². The Bertz CT molecular complexity index is 835. The average Bonchev–Trinajstić information content (AvgIpc) is 3.09. The number of hydrogen-bond donors (Lipinski definition) is 0. The Labute approximate surface area is 171 Å². The van der Waals surface area contributed by atoms with Gasteiger partial charge in [-0.25, -0.2) is 4.39 Å². The molecule has 27 heavy (non-hydrogen) atoms. The third-order valence-electron chi connectivity index (χ3n) is 4.55. The van der Waals surface area contributed by atoms with E-state index in [2.05, 4.69) is 4.90 Å². The first-order valence-corrected chi connectivity index (χ1v) is 10.2. The Morgan fingerprint density at radius 1 is 1.04 bits per heavy atom. The van der Waals surface area contributed by atoms with Crippen molar-refractivity contribution in [3.8, 4) is 0 Å². The molecule has 4 nitrogen and oxygen atoms in total. The Hall–Kier alpha value is -1.47. The lowest BCUT2D eigenvalue weighted by Crippen LogP contribution is -2.48. The van der Waals surface area contributed by atoms with Crippen LogP contribution >= 0.6 is 34.5 Å². The molecule has 0 aliphatic carbocycles. The molecule has 0 bridgehead atoms. The molecule has 2 heterocycles. The van der Waals surface area contributed by atoms with Crippen molar-refractivity contribution in [2.45, 2.75) is 19.4 Å². The lowest BCUT2D eigenvalue weighted by atomic mass is 10.1. The molecule has 0 atom stereocenters. The maximum absolute atomic E-state index is 13.1. The molecule has 1 amide bonds. The van der Waals surface area contributed by atoms with Gasteiger partial charge in [-0.15, -0.1) is 11.3 Å². The van der Waals surface area contributed by atoms with Crippen LogP contribution in [-0.4, -0.2) is 47.7 Å².